The monoisotopic (exact) mass is 370 g/mol. The molecule has 0 bridgehead atoms. The molecule has 1 amide bonds. The summed E-state index contributed by atoms with van der Waals surface area (Å²) >= 11 is 0. The summed E-state index contributed by atoms with van der Waals surface area (Å²) in [5.74, 6) is -1.80. The van der Waals surface area contributed by atoms with Crippen LogP contribution in [0.5, 0.6) is 0 Å². The van der Waals surface area contributed by atoms with Gasteiger partial charge in [-0.25, -0.2) is 0 Å². The first kappa shape index (κ1) is 20.3. The third-order valence-corrected chi connectivity index (χ3v) is 4.86. The van der Waals surface area contributed by atoms with Crippen LogP contribution >= 0.6 is 0 Å². The molecule has 1 fully saturated rings. The quantitative estimate of drug-likeness (QED) is 0.880. The van der Waals surface area contributed by atoms with Gasteiger partial charge in [0.15, 0.2) is 0 Å². The molecule has 2 rings (SSSR count). The summed E-state index contributed by atoms with van der Waals surface area (Å²) in [5.41, 5.74) is -2.46. The van der Waals surface area contributed by atoms with E-state index in [1.54, 1.807) is 0 Å². The maximum absolute atomic E-state index is 12.8. The fourth-order valence-electron chi connectivity index (χ4n) is 4.39. The minimum Gasteiger partial charge on any atom is -0.550 e. The fraction of sp³-hybridized carbons (Fsp3) is 0.579. The van der Waals surface area contributed by atoms with Gasteiger partial charge in [-0.1, -0.05) is 26.8 Å². The van der Waals surface area contributed by atoms with E-state index in [0.717, 1.165) is 18.6 Å². The molecule has 1 aromatic carbocycles. The summed E-state index contributed by atoms with van der Waals surface area (Å²) in [5, 5.41) is 14.2. The van der Waals surface area contributed by atoms with Gasteiger partial charge in [0.2, 0.25) is 5.91 Å². The molecule has 7 heteroatoms. The Kier molecular flexibility index (Phi) is 5.40. The van der Waals surface area contributed by atoms with Gasteiger partial charge in [-0.15, -0.1) is 0 Å². The highest BCUT2D eigenvalue weighted by atomic mass is 19.4. The van der Waals surface area contributed by atoms with Gasteiger partial charge in [0.05, 0.1) is 5.56 Å². The van der Waals surface area contributed by atoms with Gasteiger partial charge in [0, 0.05) is 23.5 Å². The number of carbonyl (C=O) groups excluding carboxylic acids is 2. The van der Waals surface area contributed by atoms with E-state index < -0.39 is 29.0 Å². The van der Waals surface area contributed by atoms with E-state index in [9.17, 15) is 27.9 Å². The lowest BCUT2D eigenvalue weighted by atomic mass is 9.59. The van der Waals surface area contributed by atoms with Crippen LogP contribution in [0.1, 0.15) is 52.0 Å². The molecule has 0 radical (unpaired) electrons. The van der Waals surface area contributed by atoms with Crippen molar-refractivity contribution in [1.29, 1.82) is 0 Å². The molecule has 0 unspecified atom stereocenters. The number of halogens is 3. The molecule has 0 saturated heterocycles. The Balaban J connectivity index is 2.18. The molecule has 26 heavy (non-hydrogen) atoms. The average molecular weight is 370 g/mol. The summed E-state index contributed by atoms with van der Waals surface area (Å²) in [6.45, 7) is 5.83. The van der Waals surface area contributed by atoms with Crippen molar-refractivity contribution < 1.29 is 27.9 Å². The van der Waals surface area contributed by atoms with E-state index in [-0.39, 0.29) is 23.4 Å². The standard InChI is InChI=1S/C19H24F3NO3/c1-12-8-17(2,3)11-18(9-12,16(25)26)10-15(24)23-14-6-4-5-13(7-14)19(20,21)22/h4-7,12H,8-11H2,1-3H3,(H,23,24)(H,25,26)/p-1/t12-,18+/m1/s1. The molecule has 4 nitrogen and oxygen atoms in total. The number of alkyl halides is 3. The number of carbonyl (C=O) groups is 2. The number of aliphatic carboxylic acids is 1. The first-order valence-electron chi connectivity index (χ1n) is 8.52. The summed E-state index contributed by atoms with van der Waals surface area (Å²) in [4.78, 5) is 24.2. The number of nitrogens with one attached hydrogen (secondary N) is 1. The molecule has 0 aliphatic heterocycles. The summed E-state index contributed by atoms with van der Waals surface area (Å²) < 4.78 is 38.3. The average Bonchev–Trinajstić information content (AvgIpc) is 2.43. The lowest BCUT2D eigenvalue weighted by Crippen LogP contribution is -2.50. The van der Waals surface area contributed by atoms with Crippen molar-refractivity contribution >= 4 is 17.6 Å². The van der Waals surface area contributed by atoms with Crippen LogP contribution in [0.25, 0.3) is 0 Å². The highest BCUT2D eigenvalue weighted by Gasteiger charge is 2.45. The molecule has 1 aromatic rings. The van der Waals surface area contributed by atoms with Crippen LogP contribution in [-0.4, -0.2) is 11.9 Å². The van der Waals surface area contributed by atoms with Crippen LogP contribution in [0.2, 0.25) is 0 Å². The minimum absolute atomic E-state index is 0.0126. The second kappa shape index (κ2) is 6.93. The number of carboxylic acids is 1. The third-order valence-electron chi connectivity index (χ3n) is 4.86. The van der Waals surface area contributed by atoms with E-state index in [4.69, 9.17) is 0 Å². The van der Waals surface area contributed by atoms with E-state index in [1.165, 1.54) is 12.1 Å². The maximum Gasteiger partial charge on any atom is 0.416 e. The molecule has 1 saturated carbocycles. The Morgan fingerprint density at radius 3 is 2.46 bits per heavy atom. The first-order chi connectivity index (χ1) is 11.8. The van der Waals surface area contributed by atoms with Crippen molar-refractivity contribution in [2.75, 3.05) is 5.32 Å². The molecule has 144 valence electrons. The molecular weight excluding hydrogens is 347 g/mol. The Bertz CT molecular complexity index is 700. The van der Waals surface area contributed by atoms with Gasteiger partial charge >= 0.3 is 6.18 Å². The van der Waals surface area contributed by atoms with Crippen molar-refractivity contribution in [3.63, 3.8) is 0 Å². The zero-order chi connectivity index (χ0) is 19.8. The van der Waals surface area contributed by atoms with Gasteiger partial charge in [-0.3, -0.25) is 4.79 Å². The zero-order valence-corrected chi connectivity index (χ0v) is 15.1. The molecule has 0 aromatic heterocycles. The Morgan fingerprint density at radius 2 is 1.92 bits per heavy atom. The van der Waals surface area contributed by atoms with Crippen LogP contribution in [0.15, 0.2) is 24.3 Å². The SMILES string of the molecule is C[C@@H]1CC(C)(C)C[C@](CC(=O)Nc2cccc(C(F)(F)F)c2)(C(=O)[O-])C1. The summed E-state index contributed by atoms with van der Waals surface area (Å²) in [6.07, 6.45) is -3.39. The molecule has 1 N–H and O–H groups in total. The number of hydrogen-bond donors (Lipinski definition) is 1. The first-order valence-corrected chi connectivity index (χ1v) is 8.52. The van der Waals surface area contributed by atoms with Gasteiger partial charge in [-0.05, 0) is 48.8 Å². The van der Waals surface area contributed by atoms with Crippen LogP contribution in [0.3, 0.4) is 0 Å². The number of rotatable bonds is 4. The van der Waals surface area contributed by atoms with Crippen LogP contribution in [0.4, 0.5) is 18.9 Å². The van der Waals surface area contributed by atoms with E-state index in [2.05, 4.69) is 5.32 Å². The van der Waals surface area contributed by atoms with Gasteiger partial charge in [-0.2, -0.15) is 13.2 Å². The van der Waals surface area contributed by atoms with Crippen molar-refractivity contribution in [2.24, 2.45) is 16.7 Å². The maximum atomic E-state index is 12.8. The molecule has 0 spiro atoms. The highest BCUT2D eigenvalue weighted by molar-refractivity contribution is 5.94. The second-order valence-corrected chi connectivity index (χ2v) is 8.23. The fourth-order valence-corrected chi connectivity index (χ4v) is 4.39. The lowest BCUT2D eigenvalue weighted by molar-refractivity contribution is -0.323. The summed E-state index contributed by atoms with van der Waals surface area (Å²) in [7, 11) is 0. The summed E-state index contributed by atoms with van der Waals surface area (Å²) in [6, 6.07) is 4.27. The van der Waals surface area contributed by atoms with E-state index in [1.807, 2.05) is 20.8 Å². The minimum atomic E-state index is -4.52. The number of carboxylic acid groups (broad SMARTS) is 1. The molecule has 0 heterocycles. The topological polar surface area (TPSA) is 69.2 Å². The Morgan fingerprint density at radius 1 is 1.27 bits per heavy atom. The second-order valence-electron chi connectivity index (χ2n) is 8.23. The van der Waals surface area contributed by atoms with Gasteiger partial charge < -0.3 is 15.2 Å². The van der Waals surface area contributed by atoms with E-state index in [0.29, 0.717) is 12.8 Å². The molecule has 2 atom stereocenters. The predicted molar refractivity (Wildman–Crippen MR) is 88.9 cm³/mol. The van der Waals surface area contributed by atoms with Crippen LogP contribution < -0.4 is 10.4 Å². The van der Waals surface area contributed by atoms with Crippen molar-refractivity contribution in [3.8, 4) is 0 Å². The van der Waals surface area contributed by atoms with Gasteiger partial charge in [0.1, 0.15) is 0 Å². The number of hydrogen-bond acceptors (Lipinski definition) is 3. The van der Waals surface area contributed by atoms with Crippen molar-refractivity contribution in [3.05, 3.63) is 29.8 Å². The number of benzene rings is 1. The lowest BCUT2D eigenvalue weighted by Gasteiger charge is -2.48. The smallest absolute Gasteiger partial charge is 0.416 e. The number of anilines is 1. The van der Waals surface area contributed by atoms with Crippen molar-refractivity contribution in [2.45, 2.75) is 52.6 Å². The van der Waals surface area contributed by atoms with E-state index >= 15 is 0 Å². The largest absolute Gasteiger partial charge is 0.550 e. The van der Waals surface area contributed by atoms with Crippen LogP contribution in [-0.2, 0) is 15.8 Å². The number of amides is 1. The molecule has 1 aliphatic carbocycles. The Labute approximate surface area is 150 Å². The Hall–Kier alpha value is -2.05. The van der Waals surface area contributed by atoms with Gasteiger partial charge in [0.25, 0.3) is 0 Å². The van der Waals surface area contributed by atoms with Crippen molar-refractivity contribution in [1.82, 2.24) is 0 Å². The third kappa shape index (κ3) is 4.77. The normalized spacial score (nSPS) is 25.5. The predicted octanol–water partition coefficient (Wildman–Crippen LogP) is 3.62. The zero-order valence-electron chi connectivity index (χ0n) is 15.1. The van der Waals surface area contributed by atoms with Crippen LogP contribution in [0, 0.1) is 16.7 Å². The molecular formula is C19H23F3NO3-. The molecule has 1 aliphatic rings. The highest BCUT2D eigenvalue weighted by Crippen LogP contribution is 2.50.